The summed E-state index contributed by atoms with van der Waals surface area (Å²) in [6.45, 7) is 2.98. The molecule has 1 amide bonds. The fourth-order valence-electron chi connectivity index (χ4n) is 3.72. The van der Waals surface area contributed by atoms with Crippen LogP contribution in [0.5, 0.6) is 0 Å². The third-order valence-electron chi connectivity index (χ3n) is 5.25. The van der Waals surface area contributed by atoms with Crippen LogP contribution in [0.4, 0.5) is 13.2 Å². The normalized spacial score (nSPS) is 15.8. The Morgan fingerprint density at radius 3 is 2.52 bits per heavy atom. The van der Waals surface area contributed by atoms with Crippen LogP contribution >= 0.6 is 0 Å². The summed E-state index contributed by atoms with van der Waals surface area (Å²) >= 11 is 0. The van der Waals surface area contributed by atoms with Crippen molar-refractivity contribution in [1.29, 1.82) is 0 Å². The number of imidazole rings is 1. The molecule has 4 rings (SSSR count). The van der Waals surface area contributed by atoms with Crippen LogP contribution in [0.15, 0.2) is 36.7 Å². The number of carbonyl (C=O) groups excluding carboxylic acids is 1. The van der Waals surface area contributed by atoms with Crippen LogP contribution in [0, 0.1) is 12.8 Å². The molecule has 3 heterocycles. The van der Waals surface area contributed by atoms with Gasteiger partial charge in [-0.05, 0) is 37.8 Å². The lowest BCUT2D eigenvalue weighted by Gasteiger charge is -2.32. The van der Waals surface area contributed by atoms with Crippen molar-refractivity contribution in [3.63, 3.8) is 0 Å². The van der Waals surface area contributed by atoms with Crippen LogP contribution in [0.1, 0.15) is 34.8 Å². The van der Waals surface area contributed by atoms with Gasteiger partial charge in [-0.2, -0.15) is 13.2 Å². The summed E-state index contributed by atoms with van der Waals surface area (Å²) in [6, 6.07) is 6.64. The maximum atomic E-state index is 13.5. The minimum atomic E-state index is -4.51. The van der Waals surface area contributed by atoms with Crippen LogP contribution in [-0.2, 0) is 12.7 Å². The van der Waals surface area contributed by atoms with E-state index >= 15 is 0 Å². The highest BCUT2D eigenvalue weighted by Crippen LogP contribution is 2.33. The number of carbonyl (C=O) groups is 1. The standard InChI is InChI=1S/C20H20F3N5O/c1-13-10-25-16(11-24-13)18(29)27-8-6-14(7-9-27)12-28-17-5-3-2-4-15(17)26-19(28)20(21,22)23/h2-5,10-11,14H,6-9,12H2,1H3. The van der Waals surface area contributed by atoms with Gasteiger partial charge in [0.15, 0.2) is 0 Å². The van der Waals surface area contributed by atoms with Crippen LogP contribution in [-0.4, -0.2) is 43.4 Å². The predicted octanol–water partition coefficient (Wildman–Crippen LogP) is 3.71. The van der Waals surface area contributed by atoms with E-state index in [1.165, 1.54) is 10.8 Å². The van der Waals surface area contributed by atoms with Crippen molar-refractivity contribution in [2.75, 3.05) is 13.1 Å². The number of alkyl halides is 3. The molecule has 0 spiro atoms. The molecule has 1 fully saturated rings. The lowest BCUT2D eigenvalue weighted by molar-refractivity contribution is -0.147. The van der Waals surface area contributed by atoms with Gasteiger partial charge in [0.05, 0.1) is 22.9 Å². The topological polar surface area (TPSA) is 63.9 Å². The molecular weight excluding hydrogens is 383 g/mol. The Balaban J connectivity index is 1.48. The summed E-state index contributed by atoms with van der Waals surface area (Å²) in [5, 5.41) is 0. The molecule has 1 saturated heterocycles. The van der Waals surface area contributed by atoms with Gasteiger partial charge in [-0.1, -0.05) is 12.1 Å². The Morgan fingerprint density at radius 2 is 1.86 bits per heavy atom. The van der Waals surface area contributed by atoms with Crippen molar-refractivity contribution in [2.24, 2.45) is 5.92 Å². The highest BCUT2D eigenvalue weighted by molar-refractivity contribution is 5.92. The molecule has 29 heavy (non-hydrogen) atoms. The summed E-state index contributed by atoms with van der Waals surface area (Å²) in [6.07, 6.45) is -0.275. The Hall–Kier alpha value is -2.97. The monoisotopic (exact) mass is 403 g/mol. The number of rotatable bonds is 3. The molecule has 0 atom stereocenters. The molecule has 0 bridgehead atoms. The zero-order valence-corrected chi connectivity index (χ0v) is 15.9. The van der Waals surface area contributed by atoms with Crippen LogP contribution in [0.2, 0.25) is 0 Å². The van der Waals surface area contributed by atoms with E-state index < -0.39 is 12.0 Å². The van der Waals surface area contributed by atoms with Crippen molar-refractivity contribution in [3.05, 3.63) is 53.9 Å². The number of para-hydroxylation sites is 2. The van der Waals surface area contributed by atoms with E-state index in [0.29, 0.717) is 37.0 Å². The molecule has 1 aromatic carbocycles. The average Bonchev–Trinajstić information content (AvgIpc) is 3.08. The van der Waals surface area contributed by atoms with Crippen molar-refractivity contribution >= 4 is 16.9 Å². The van der Waals surface area contributed by atoms with E-state index in [4.69, 9.17) is 0 Å². The first kappa shape index (κ1) is 19.4. The smallest absolute Gasteiger partial charge is 0.337 e. The summed E-state index contributed by atoms with van der Waals surface area (Å²) in [5.74, 6) is -1.03. The summed E-state index contributed by atoms with van der Waals surface area (Å²) in [4.78, 5) is 26.2. The molecule has 0 unspecified atom stereocenters. The van der Waals surface area contributed by atoms with Crippen LogP contribution in [0.25, 0.3) is 11.0 Å². The lowest BCUT2D eigenvalue weighted by Crippen LogP contribution is -2.40. The van der Waals surface area contributed by atoms with Crippen LogP contribution in [0.3, 0.4) is 0 Å². The van der Waals surface area contributed by atoms with E-state index in [9.17, 15) is 18.0 Å². The second kappa shape index (κ2) is 7.46. The van der Waals surface area contributed by atoms with E-state index in [0.717, 1.165) is 5.69 Å². The second-order valence-electron chi connectivity index (χ2n) is 7.31. The molecule has 0 radical (unpaired) electrons. The molecule has 0 saturated carbocycles. The second-order valence-corrected chi connectivity index (χ2v) is 7.31. The fourth-order valence-corrected chi connectivity index (χ4v) is 3.72. The number of benzene rings is 1. The predicted molar refractivity (Wildman–Crippen MR) is 100 cm³/mol. The number of amides is 1. The molecule has 3 aromatic rings. The zero-order chi connectivity index (χ0) is 20.6. The minimum absolute atomic E-state index is 0.0295. The van der Waals surface area contributed by atoms with Crippen LogP contribution < -0.4 is 0 Å². The summed E-state index contributed by atoms with van der Waals surface area (Å²) < 4.78 is 41.7. The molecule has 1 aliphatic rings. The highest BCUT2D eigenvalue weighted by atomic mass is 19.4. The number of hydrogen-bond acceptors (Lipinski definition) is 4. The van der Waals surface area contributed by atoms with Gasteiger partial charge < -0.3 is 9.47 Å². The molecule has 9 heteroatoms. The highest BCUT2D eigenvalue weighted by Gasteiger charge is 2.38. The average molecular weight is 403 g/mol. The van der Waals surface area contributed by atoms with Gasteiger partial charge in [0, 0.05) is 25.8 Å². The van der Waals surface area contributed by atoms with Gasteiger partial charge in [-0.3, -0.25) is 9.78 Å². The Labute approximate surface area is 165 Å². The number of halogens is 3. The molecule has 0 N–H and O–H groups in total. The Bertz CT molecular complexity index is 1020. The number of fused-ring (bicyclic) bond motifs is 1. The number of aryl methyl sites for hydroxylation is 1. The lowest BCUT2D eigenvalue weighted by atomic mass is 9.96. The van der Waals surface area contributed by atoms with Gasteiger partial charge >= 0.3 is 6.18 Å². The van der Waals surface area contributed by atoms with Gasteiger partial charge in [0.1, 0.15) is 5.69 Å². The first-order chi connectivity index (χ1) is 13.8. The number of aromatic nitrogens is 4. The number of nitrogens with zero attached hydrogens (tertiary/aromatic N) is 5. The number of piperidine rings is 1. The fraction of sp³-hybridized carbons (Fsp3) is 0.400. The quantitative estimate of drug-likeness (QED) is 0.669. The molecular formula is C20H20F3N5O. The maximum absolute atomic E-state index is 13.5. The zero-order valence-electron chi connectivity index (χ0n) is 15.9. The van der Waals surface area contributed by atoms with Crippen molar-refractivity contribution < 1.29 is 18.0 Å². The summed E-state index contributed by atoms with van der Waals surface area (Å²) in [5.41, 5.74) is 1.83. The Kier molecular flexibility index (Phi) is 4.97. The van der Waals surface area contributed by atoms with Crippen molar-refractivity contribution in [1.82, 2.24) is 24.4 Å². The van der Waals surface area contributed by atoms with Gasteiger partial charge in [0.2, 0.25) is 5.82 Å². The van der Waals surface area contributed by atoms with Gasteiger partial charge in [0.25, 0.3) is 5.91 Å². The maximum Gasteiger partial charge on any atom is 0.449 e. The van der Waals surface area contributed by atoms with Gasteiger partial charge in [-0.25, -0.2) is 9.97 Å². The molecule has 2 aromatic heterocycles. The van der Waals surface area contributed by atoms with E-state index in [1.54, 1.807) is 42.3 Å². The minimum Gasteiger partial charge on any atom is -0.337 e. The van der Waals surface area contributed by atoms with Crippen molar-refractivity contribution in [2.45, 2.75) is 32.5 Å². The first-order valence-corrected chi connectivity index (χ1v) is 9.43. The molecule has 0 aliphatic carbocycles. The van der Waals surface area contributed by atoms with Crippen molar-refractivity contribution in [3.8, 4) is 0 Å². The van der Waals surface area contributed by atoms with Gasteiger partial charge in [-0.15, -0.1) is 0 Å². The number of likely N-dealkylation sites (tertiary alicyclic amines) is 1. The number of hydrogen-bond donors (Lipinski definition) is 0. The Morgan fingerprint density at radius 1 is 1.14 bits per heavy atom. The molecule has 6 nitrogen and oxygen atoms in total. The first-order valence-electron chi connectivity index (χ1n) is 9.43. The largest absolute Gasteiger partial charge is 0.449 e. The van der Waals surface area contributed by atoms with E-state index in [-0.39, 0.29) is 24.1 Å². The SMILES string of the molecule is Cc1cnc(C(=O)N2CCC(Cn3c(C(F)(F)F)nc4ccccc43)CC2)cn1. The third-order valence-corrected chi connectivity index (χ3v) is 5.25. The third kappa shape index (κ3) is 3.94. The summed E-state index contributed by atoms with van der Waals surface area (Å²) in [7, 11) is 0. The molecule has 152 valence electrons. The van der Waals surface area contributed by atoms with E-state index in [2.05, 4.69) is 15.0 Å². The van der Waals surface area contributed by atoms with E-state index in [1.807, 2.05) is 0 Å². The molecule has 1 aliphatic heterocycles.